The molecule has 0 saturated carbocycles. The second kappa shape index (κ2) is 5.20. The van der Waals surface area contributed by atoms with E-state index in [1.54, 1.807) is 0 Å². The quantitative estimate of drug-likeness (QED) is 0.828. The number of hydrogen-bond donors (Lipinski definition) is 1. The van der Waals surface area contributed by atoms with Gasteiger partial charge in [-0.3, -0.25) is 0 Å². The second-order valence-corrected chi connectivity index (χ2v) is 4.53. The lowest BCUT2D eigenvalue weighted by atomic mass is 9.96. The van der Waals surface area contributed by atoms with Crippen LogP contribution < -0.4 is 0 Å². The molecule has 6 heteroatoms. The number of carbonyl (C=O) groups is 1. The van der Waals surface area contributed by atoms with E-state index in [4.69, 9.17) is 5.11 Å². The van der Waals surface area contributed by atoms with E-state index in [9.17, 15) is 22.4 Å². The lowest BCUT2D eigenvalue weighted by Gasteiger charge is -2.12. The van der Waals surface area contributed by atoms with Crippen molar-refractivity contribution in [1.29, 1.82) is 0 Å². The number of aromatic carboxylic acids is 1. The zero-order chi connectivity index (χ0) is 15.8. The van der Waals surface area contributed by atoms with E-state index in [0.29, 0.717) is 0 Å². The summed E-state index contributed by atoms with van der Waals surface area (Å²) in [5.74, 6) is -2.12. The Morgan fingerprint density at radius 3 is 2.38 bits per heavy atom. The summed E-state index contributed by atoms with van der Waals surface area (Å²) < 4.78 is 51.6. The van der Waals surface area contributed by atoms with Gasteiger partial charge in [0.1, 0.15) is 5.82 Å². The minimum atomic E-state index is -4.53. The molecule has 0 aliphatic carbocycles. The third-order valence-corrected chi connectivity index (χ3v) is 3.03. The average Bonchev–Trinajstić information content (AvgIpc) is 2.40. The highest BCUT2D eigenvalue weighted by atomic mass is 19.4. The maximum Gasteiger partial charge on any atom is 0.416 e. The third-order valence-electron chi connectivity index (χ3n) is 3.03. The van der Waals surface area contributed by atoms with Crippen LogP contribution in [0.5, 0.6) is 0 Å². The number of aryl methyl sites for hydroxylation is 1. The molecule has 2 rings (SSSR count). The van der Waals surface area contributed by atoms with Gasteiger partial charge in [-0.15, -0.1) is 0 Å². The molecule has 0 aromatic heterocycles. The lowest BCUT2D eigenvalue weighted by molar-refractivity contribution is -0.137. The van der Waals surface area contributed by atoms with Gasteiger partial charge in [-0.05, 0) is 47.9 Å². The molecule has 2 aromatic carbocycles. The Morgan fingerprint density at radius 1 is 1.14 bits per heavy atom. The summed E-state index contributed by atoms with van der Waals surface area (Å²) in [6.07, 6.45) is -4.53. The lowest BCUT2D eigenvalue weighted by Crippen LogP contribution is -2.06. The Bertz CT molecular complexity index is 705. The molecule has 0 radical (unpaired) electrons. The zero-order valence-electron chi connectivity index (χ0n) is 10.8. The van der Waals surface area contributed by atoms with Crippen LogP contribution in [0, 0.1) is 12.7 Å². The van der Waals surface area contributed by atoms with E-state index >= 15 is 0 Å². The predicted molar refractivity (Wildman–Crippen MR) is 68.5 cm³/mol. The molecule has 0 spiro atoms. The molecule has 1 N–H and O–H groups in total. The first-order valence-electron chi connectivity index (χ1n) is 5.91. The molecule has 21 heavy (non-hydrogen) atoms. The van der Waals surface area contributed by atoms with Crippen LogP contribution in [0.25, 0.3) is 11.1 Å². The minimum absolute atomic E-state index is 0.0486. The maximum absolute atomic E-state index is 13.5. The molecular weight excluding hydrogens is 288 g/mol. The molecule has 0 bridgehead atoms. The van der Waals surface area contributed by atoms with E-state index in [0.717, 1.165) is 18.2 Å². The van der Waals surface area contributed by atoms with Gasteiger partial charge in [-0.2, -0.15) is 13.2 Å². The van der Waals surface area contributed by atoms with Gasteiger partial charge in [-0.25, -0.2) is 9.18 Å². The number of rotatable bonds is 2. The van der Waals surface area contributed by atoms with Crippen LogP contribution in [-0.2, 0) is 6.18 Å². The van der Waals surface area contributed by atoms with Crippen molar-refractivity contribution in [2.75, 3.05) is 0 Å². The Balaban J connectivity index is 2.67. The Morgan fingerprint density at radius 2 is 1.81 bits per heavy atom. The SMILES string of the molecule is Cc1cc(-c2cccc(C(F)(F)F)c2)c(C(=O)O)cc1F. The Kier molecular flexibility index (Phi) is 3.72. The standard InChI is InChI=1S/C15H10F4O2/c1-8-5-11(12(14(20)21)7-13(8)16)9-3-2-4-10(6-9)15(17,18)19/h2-7H,1H3,(H,20,21). The molecule has 2 aromatic rings. The van der Waals surface area contributed by atoms with Crippen molar-refractivity contribution in [3.8, 4) is 11.1 Å². The van der Waals surface area contributed by atoms with E-state index in [-0.39, 0.29) is 22.3 Å². The first kappa shape index (κ1) is 15.0. The molecule has 110 valence electrons. The summed E-state index contributed by atoms with van der Waals surface area (Å²) in [6, 6.07) is 6.32. The van der Waals surface area contributed by atoms with Gasteiger partial charge in [0.05, 0.1) is 11.1 Å². The fraction of sp³-hybridized carbons (Fsp3) is 0.133. The van der Waals surface area contributed by atoms with Crippen LogP contribution in [0.3, 0.4) is 0 Å². The summed E-state index contributed by atoms with van der Waals surface area (Å²) in [6.45, 7) is 1.41. The van der Waals surface area contributed by atoms with Crippen LogP contribution in [0.4, 0.5) is 17.6 Å². The summed E-state index contributed by atoms with van der Waals surface area (Å²) in [5, 5.41) is 9.08. The number of carboxylic acid groups (broad SMARTS) is 1. The second-order valence-electron chi connectivity index (χ2n) is 4.53. The maximum atomic E-state index is 13.5. The van der Waals surface area contributed by atoms with Crippen LogP contribution in [-0.4, -0.2) is 11.1 Å². The van der Waals surface area contributed by atoms with Crippen molar-refractivity contribution in [1.82, 2.24) is 0 Å². The van der Waals surface area contributed by atoms with Gasteiger partial charge in [0.15, 0.2) is 0 Å². The van der Waals surface area contributed by atoms with Crippen LogP contribution in [0.2, 0.25) is 0 Å². The van der Waals surface area contributed by atoms with Crippen molar-refractivity contribution < 1.29 is 27.5 Å². The van der Waals surface area contributed by atoms with Gasteiger partial charge in [0.25, 0.3) is 0 Å². The molecule has 0 aliphatic rings. The number of halogens is 4. The number of carboxylic acids is 1. The number of hydrogen-bond acceptors (Lipinski definition) is 1. The molecule has 0 fully saturated rings. The summed E-state index contributed by atoms with van der Waals surface area (Å²) in [4.78, 5) is 11.2. The van der Waals surface area contributed by atoms with Gasteiger partial charge in [-0.1, -0.05) is 12.1 Å². The van der Waals surface area contributed by atoms with Gasteiger partial charge >= 0.3 is 12.1 Å². The van der Waals surface area contributed by atoms with Crippen molar-refractivity contribution in [2.45, 2.75) is 13.1 Å². The van der Waals surface area contributed by atoms with Crippen LogP contribution in [0.1, 0.15) is 21.5 Å². The molecule has 0 saturated heterocycles. The molecule has 2 nitrogen and oxygen atoms in total. The van der Waals surface area contributed by atoms with Gasteiger partial charge < -0.3 is 5.11 Å². The summed E-state index contributed by atoms with van der Waals surface area (Å²) in [5.41, 5.74) is -0.985. The first-order chi connectivity index (χ1) is 9.70. The van der Waals surface area contributed by atoms with Crippen LogP contribution in [0.15, 0.2) is 36.4 Å². The third kappa shape index (κ3) is 3.04. The van der Waals surface area contributed by atoms with Gasteiger partial charge in [0.2, 0.25) is 0 Å². The first-order valence-corrected chi connectivity index (χ1v) is 5.91. The summed E-state index contributed by atoms with van der Waals surface area (Å²) in [7, 11) is 0. The highest BCUT2D eigenvalue weighted by Gasteiger charge is 2.30. The van der Waals surface area contributed by atoms with E-state index < -0.39 is 23.5 Å². The van der Waals surface area contributed by atoms with Crippen LogP contribution >= 0.6 is 0 Å². The largest absolute Gasteiger partial charge is 0.478 e. The topological polar surface area (TPSA) is 37.3 Å². The fourth-order valence-electron chi connectivity index (χ4n) is 1.96. The molecule has 0 atom stereocenters. The zero-order valence-corrected chi connectivity index (χ0v) is 10.8. The van der Waals surface area contributed by atoms with Gasteiger partial charge in [0, 0.05) is 0 Å². The van der Waals surface area contributed by atoms with E-state index in [2.05, 4.69) is 0 Å². The Labute approximate surface area is 117 Å². The van der Waals surface area contributed by atoms with Crippen molar-refractivity contribution in [3.05, 3.63) is 58.9 Å². The molecule has 0 amide bonds. The highest BCUT2D eigenvalue weighted by Crippen LogP contribution is 2.33. The monoisotopic (exact) mass is 298 g/mol. The molecule has 0 aliphatic heterocycles. The van der Waals surface area contributed by atoms with Crippen molar-refractivity contribution >= 4 is 5.97 Å². The molecular formula is C15H10F4O2. The van der Waals surface area contributed by atoms with E-state index in [1.165, 1.54) is 25.1 Å². The van der Waals surface area contributed by atoms with E-state index in [1.807, 2.05) is 0 Å². The smallest absolute Gasteiger partial charge is 0.416 e. The molecule has 0 heterocycles. The predicted octanol–water partition coefficient (Wildman–Crippen LogP) is 4.52. The summed E-state index contributed by atoms with van der Waals surface area (Å²) >= 11 is 0. The van der Waals surface area contributed by atoms with Crippen molar-refractivity contribution in [3.63, 3.8) is 0 Å². The average molecular weight is 298 g/mol. The normalized spacial score (nSPS) is 11.5. The Hall–Kier alpha value is -2.37. The fourth-order valence-corrected chi connectivity index (χ4v) is 1.96. The van der Waals surface area contributed by atoms with Crippen molar-refractivity contribution in [2.24, 2.45) is 0 Å². The highest BCUT2D eigenvalue weighted by molar-refractivity contribution is 5.96. The number of alkyl halides is 3. The number of benzene rings is 2. The minimum Gasteiger partial charge on any atom is -0.478 e. The molecule has 0 unspecified atom stereocenters.